The van der Waals surface area contributed by atoms with E-state index < -0.39 is 5.60 Å². The van der Waals surface area contributed by atoms with Crippen LogP contribution in [0, 0.1) is 0 Å². The van der Waals surface area contributed by atoms with E-state index in [9.17, 15) is 5.11 Å². The number of rotatable bonds is 5. The third kappa shape index (κ3) is 3.08. The van der Waals surface area contributed by atoms with Crippen molar-refractivity contribution in [2.24, 2.45) is 0 Å². The minimum Gasteiger partial charge on any atom is -0.419 e. The Labute approximate surface area is 122 Å². The molecule has 2 aromatic rings. The van der Waals surface area contributed by atoms with Crippen molar-refractivity contribution >= 4 is 11.3 Å². The summed E-state index contributed by atoms with van der Waals surface area (Å²) >= 11 is 1.58. The molecule has 1 fully saturated rings. The van der Waals surface area contributed by atoms with E-state index >= 15 is 0 Å². The molecule has 5 nitrogen and oxygen atoms in total. The van der Waals surface area contributed by atoms with E-state index in [1.807, 2.05) is 24.6 Å². The summed E-state index contributed by atoms with van der Waals surface area (Å²) < 4.78 is 5.66. The lowest BCUT2D eigenvalue weighted by molar-refractivity contribution is 0.0128. The van der Waals surface area contributed by atoms with Gasteiger partial charge in [-0.05, 0) is 31.3 Å². The molecule has 1 aliphatic rings. The van der Waals surface area contributed by atoms with Gasteiger partial charge in [-0.25, -0.2) is 0 Å². The molecule has 0 bridgehead atoms. The predicted molar refractivity (Wildman–Crippen MR) is 77.4 cm³/mol. The first kappa shape index (κ1) is 13.7. The van der Waals surface area contributed by atoms with Crippen LogP contribution in [0.5, 0.6) is 0 Å². The summed E-state index contributed by atoms with van der Waals surface area (Å²) in [6, 6.07) is 3.93. The normalized spacial score (nSPS) is 17.9. The van der Waals surface area contributed by atoms with Crippen LogP contribution < -0.4 is 0 Å². The summed E-state index contributed by atoms with van der Waals surface area (Å²) in [6.45, 7) is 1.23. The van der Waals surface area contributed by atoms with Gasteiger partial charge in [-0.2, -0.15) is 0 Å². The first-order chi connectivity index (χ1) is 9.65. The quantitative estimate of drug-likeness (QED) is 0.918. The monoisotopic (exact) mass is 293 g/mol. The Balaban J connectivity index is 1.60. The van der Waals surface area contributed by atoms with Gasteiger partial charge in [0, 0.05) is 6.54 Å². The Hall–Kier alpha value is -1.24. The summed E-state index contributed by atoms with van der Waals surface area (Å²) in [7, 11) is 1.98. The van der Waals surface area contributed by atoms with E-state index in [0.29, 0.717) is 24.9 Å². The molecule has 0 spiro atoms. The molecule has 0 amide bonds. The van der Waals surface area contributed by atoms with Gasteiger partial charge in [-0.1, -0.05) is 18.9 Å². The van der Waals surface area contributed by atoms with Gasteiger partial charge < -0.3 is 9.52 Å². The van der Waals surface area contributed by atoms with Crippen molar-refractivity contribution in [3.8, 4) is 10.8 Å². The van der Waals surface area contributed by atoms with Crippen LogP contribution in [0.2, 0.25) is 0 Å². The minimum absolute atomic E-state index is 0.536. The van der Waals surface area contributed by atoms with Crippen LogP contribution in [0.15, 0.2) is 21.9 Å². The highest BCUT2D eigenvalue weighted by Crippen LogP contribution is 2.30. The van der Waals surface area contributed by atoms with Crippen molar-refractivity contribution in [1.82, 2.24) is 15.1 Å². The number of likely N-dealkylation sites (N-methyl/N-ethyl adjacent to an activating group) is 1. The van der Waals surface area contributed by atoms with Gasteiger partial charge in [-0.3, -0.25) is 4.90 Å². The van der Waals surface area contributed by atoms with Crippen molar-refractivity contribution in [1.29, 1.82) is 0 Å². The number of nitrogens with zero attached hydrogens (tertiary/aromatic N) is 3. The lowest BCUT2D eigenvalue weighted by atomic mass is 10.0. The Bertz CT molecular complexity index is 547. The third-order valence-electron chi connectivity index (χ3n) is 3.70. The number of thiophene rings is 1. The number of aromatic nitrogens is 2. The lowest BCUT2D eigenvalue weighted by Gasteiger charge is -2.27. The molecule has 6 heteroatoms. The molecule has 0 aromatic carbocycles. The molecule has 3 rings (SSSR count). The van der Waals surface area contributed by atoms with Gasteiger partial charge >= 0.3 is 0 Å². The Morgan fingerprint density at radius 2 is 2.20 bits per heavy atom. The lowest BCUT2D eigenvalue weighted by Crippen LogP contribution is -2.38. The van der Waals surface area contributed by atoms with Crippen LogP contribution in [0.4, 0.5) is 0 Å². The maximum absolute atomic E-state index is 10.4. The number of hydrogen-bond acceptors (Lipinski definition) is 6. The van der Waals surface area contributed by atoms with E-state index in [2.05, 4.69) is 15.1 Å². The second kappa shape index (κ2) is 5.63. The second-order valence-electron chi connectivity index (χ2n) is 5.58. The Kier molecular flexibility index (Phi) is 3.87. The van der Waals surface area contributed by atoms with E-state index in [4.69, 9.17) is 4.42 Å². The predicted octanol–water partition coefficient (Wildman–Crippen LogP) is 2.54. The summed E-state index contributed by atoms with van der Waals surface area (Å²) in [4.78, 5) is 3.04. The molecule has 108 valence electrons. The molecule has 0 saturated heterocycles. The molecule has 20 heavy (non-hydrogen) atoms. The zero-order valence-electron chi connectivity index (χ0n) is 11.6. The van der Waals surface area contributed by atoms with Gasteiger partial charge in [0.2, 0.25) is 5.89 Å². The molecular formula is C14H19N3O2S. The Morgan fingerprint density at radius 3 is 2.90 bits per heavy atom. The van der Waals surface area contributed by atoms with Crippen molar-refractivity contribution in [3.63, 3.8) is 0 Å². The summed E-state index contributed by atoms with van der Waals surface area (Å²) in [5.74, 6) is 1.17. The van der Waals surface area contributed by atoms with Gasteiger partial charge in [0.05, 0.1) is 17.0 Å². The Morgan fingerprint density at radius 1 is 1.40 bits per heavy atom. The van der Waals surface area contributed by atoms with Gasteiger partial charge in [0.15, 0.2) is 0 Å². The average molecular weight is 293 g/mol. The fourth-order valence-electron chi connectivity index (χ4n) is 2.80. The van der Waals surface area contributed by atoms with Crippen LogP contribution in [0.1, 0.15) is 31.6 Å². The highest BCUT2D eigenvalue weighted by molar-refractivity contribution is 7.13. The van der Waals surface area contributed by atoms with Gasteiger partial charge in [0.1, 0.15) is 0 Å². The zero-order valence-corrected chi connectivity index (χ0v) is 12.4. The molecule has 0 atom stereocenters. The van der Waals surface area contributed by atoms with Crippen molar-refractivity contribution in [2.75, 3.05) is 13.6 Å². The second-order valence-corrected chi connectivity index (χ2v) is 6.53. The maximum atomic E-state index is 10.4. The minimum atomic E-state index is -0.536. The van der Waals surface area contributed by atoms with Crippen LogP contribution >= 0.6 is 11.3 Å². The zero-order chi connectivity index (χ0) is 14.0. The largest absolute Gasteiger partial charge is 0.419 e. The highest BCUT2D eigenvalue weighted by Gasteiger charge is 2.32. The molecule has 0 aliphatic heterocycles. The van der Waals surface area contributed by atoms with Crippen molar-refractivity contribution < 1.29 is 9.52 Å². The molecule has 2 heterocycles. The van der Waals surface area contributed by atoms with Gasteiger partial charge in [-0.15, -0.1) is 21.5 Å². The SMILES string of the molecule is CN(Cc1nnc(-c2cccs2)o1)CC1(O)CCCC1. The fourth-order valence-corrected chi connectivity index (χ4v) is 3.44. The number of hydrogen-bond donors (Lipinski definition) is 1. The molecule has 0 unspecified atom stereocenters. The van der Waals surface area contributed by atoms with Crippen molar-refractivity contribution in [3.05, 3.63) is 23.4 Å². The van der Waals surface area contributed by atoms with Crippen LogP contribution in [-0.4, -0.2) is 39.4 Å². The average Bonchev–Trinajstić information content (AvgIpc) is 3.08. The first-order valence-corrected chi connectivity index (χ1v) is 7.80. The molecule has 2 aromatic heterocycles. The molecule has 1 saturated carbocycles. The molecule has 1 aliphatic carbocycles. The summed E-state index contributed by atoms with van der Waals surface area (Å²) in [5.41, 5.74) is -0.536. The summed E-state index contributed by atoms with van der Waals surface area (Å²) in [5, 5.41) is 20.5. The van der Waals surface area contributed by atoms with Crippen LogP contribution in [0.3, 0.4) is 0 Å². The van der Waals surface area contributed by atoms with Gasteiger partial charge in [0.25, 0.3) is 5.89 Å². The first-order valence-electron chi connectivity index (χ1n) is 6.92. The van der Waals surface area contributed by atoms with E-state index in [1.54, 1.807) is 11.3 Å². The fraction of sp³-hybridized carbons (Fsp3) is 0.571. The topological polar surface area (TPSA) is 62.4 Å². The number of aliphatic hydroxyl groups is 1. The maximum Gasteiger partial charge on any atom is 0.257 e. The molecule has 1 N–H and O–H groups in total. The summed E-state index contributed by atoms with van der Waals surface area (Å²) in [6.07, 6.45) is 4.02. The van der Waals surface area contributed by atoms with E-state index in [-0.39, 0.29) is 0 Å². The van der Waals surface area contributed by atoms with Crippen LogP contribution in [-0.2, 0) is 6.54 Å². The smallest absolute Gasteiger partial charge is 0.257 e. The molecular weight excluding hydrogens is 274 g/mol. The van der Waals surface area contributed by atoms with Crippen molar-refractivity contribution in [2.45, 2.75) is 37.8 Å². The molecule has 0 radical (unpaired) electrons. The third-order valence-corrected chi connectivity index (χ3v) is 4.56. The van der Waals surface area contributed by atoms with E-state index in [0.717, 1.165) is 30.6 Å². The van der Waals surface area contributed by atoms with E-state index in [1.165, 1.54) is 0 Å². The highest BCUT2D eigenvalue weighted by atomic mass is 32.1. The van der Waals surface area contributed by atoms with Crippen LogP contribution in [0.25, 0.3) is 10.8 Å². The standard InChI is InChI=1S/C14H19N3O2S/c1-17(10-14(18)6-2-3-7-14)9-12-15-16-13(19-12)11-5-4-8-20-11/h4-5,8,18H,2-3,6-7,9-10H2,1H3.